The number of benzene rings is 2. The van der Waals surface area contributed by atoms with Crippen molar-refractivity contribution in [1.29, 1.82) is 5.26 Å². The van der Waals surface area contributed by atoms with Gasteiger partial charge < -0.3 is 0 Å². The van der Waals surface area contributed by atoms with Gasteiger partial charge in [0, 0.05) is 23.9 Å². The number of hydrogen-bond acceptors (Lipinski definition) is 7. The number of halogens is 3. The number of allylic oxidation sites excluding steroid dienone is 1. The quantitative estimate of drug-likeness (QED) is 0.547. The Morgan fingerprint density at radius 3 is 2.26 bits per heavy atom. The van der Waals surface area contributed by atoms with E-state index in [0.717, 1.165) is 35.4 Å². The van der Waals surface area contributed by atoms with Crippen LogP contribution in [-0.2, 0) is 30.8 Å². The van der Waals surface area contributed by atoms with Gasteiger partial charge in [0.15, 0.2) is 15.6 Å². The SMILES string of the molecule is CS(=O)(=O)c1cc(C#N)ccc1C1C2=C(CCCC2=O)N(c2cccc(C(F)(F)F)c2)C(=O)N1S(C)(=O)=O. The van der Waals surface area contributed by atoms with Crippen LogP contribution in [0, 0.1) is 11.3 Å². The normalized spacial score (nSPS) is 18.9. The van der Waals surface area contributed by atoms with E-state index in [4.69, 9.17) is 0 Å². The maximum atomic E-state index is 13.8. The first kappa shape index (κ1) is 27.3. The molecule has 0 bridgehead atoms. The molecule has 14 heteroatoms. The molecule has 2 aromatic carbocycles. The number of rotatable bonds is 4. The number of carbonyl (C=O) groups excluding carboxylic acids is 2. The van der Waals surface area contributed by atoms with Gasteiger partial charge in [0.1, 0.15) is 6.04 Å². The van der Waals surface area contributed by atoms with Gasteiger partial charge in [-0.2, -0.15) is 18.4 Å². The molecule has 1 atom stereocenters. The molecule has 1 aliphatic carbocycles. The van der Waals surface area contributed by atoms with Crippen molar-refractivity contribution in [2.75, 3.05) is 17.4 Å². The molecule has 1 heterocycles. The van der Waals surface area contributed by atoms with Crippen molar-refractivity contribution in [2.45, 2.75) is 36.4 Å². The van der Waals surface area contributed by atoms with E-state index in [-0.39, 0.29) is 47.3 Å². The highest BCUT2D eigenvalue weighted by molar-refractivity contribution is 7.90. The lowest BCUT2D eigenvalue weighted by Crippen LogP contribution is -2.54. The van der Waals surface area contributed by atoms with Crippen molar-refractivity contribution in [3.63, 3.8) is 0 Å². The molecule has 0 radical (unpaired) electrons. The van der Waals surface area contributed by atoms with E-state index in [1.807, 2.05) is 0 Å². The van der Waals surface area contributed by atoms with Crippen LogP contribution in [-0.4, -0.2) is 45.5 Å². The van der Waals surface area contributed by atoms with Gasteiger partial charge in [0.25, 0.3) is 0 Å². The third kappa shape index (κ3) is 4.79. The van der Waals surface area contributed by atoms with Crippen LogP contribution in [0.25, 0.3) is 0 Å². The lowest BCUT2D eigenvalue weighted by atomic mass is 9.84. The molecule has 1 unspecified atom stereocenters. The van der Waals surface area contributed by atoms with E-state index in [9.17, 15) is 44.9 Å². The van der Waals surface area contributed by atoms with Gasteiger partial charge in [0.05, 0.1) is 34.0 Å². The summed E-state index contributed by atoms with van der Waals surface area (Å²) in [5, 5.41) is 9.27. The second kappa shape index (κ2) is 9.25. The van der Waals surface area contributed by atoms with E-state index >= 15 is 0 Å². The lowest BCUT2D eigenvalue weighted by molar-refractivity contribution is -0.137. The lowest BCUT2D eigenvalue weighted by Gasteiger charge is -2.44. The van der Waals surface area contributed by atoms with Crippen molar-refractivity contribution >= 4 is 37.4 Å². The van der Waals surface area contributed by atoms with E-state index in [2.05, 4.69) is 0 Å². The van der Waals surface area contributed by atoms with Crippen LogP contribution < -0.4 is 4.90 Å². The number of nitrogens with zero attached hydrogens (tertiary/aromatic N) is 3. The smallest absolute Gasteiger partial charge is 0.294 e. The molecule has 2 aromatic rings. The number of alkyl halides is 3. The zero-order valence-corrected chi connectivity index (χ0v) is 21.6. The number of ketones is 1. The molecular weight excluding hydrogens is 547 g/mol. The Bertz CT molecular complexity index is 1660. The molecule has 9 nitrogen and oxygen atoms in total. The molecule has 38 heavy (non-hydrogen) atoms. The van der Waals surface area contributed by atoms with Crippen molar-refractivity contribution in [3.8, 4) is 6.07 Å². The predicted octanol–water partition coefficient (Wildman–Crippen LogP) is 3.93. The Balaban J connectivity index is 2.09. The van der Waals surface area contributed by atoms with Gasteiger partial charge >= 0.3 is 12.2 Å². The molecule has 2 amide bonds. The van der Waals surface area contributed by atoms with E-state index in [0.29, 0.717) is 16.6 Å². The zero-order chi connectivity index (χ0) is 28.2. The number of carbonyl (C=O) groups is 2. The first-order chi connectivity index (χ1) is 17.6. The van der Waals surface area contributed by atoms with Crippen molar-refractivity contribution in [3.05, 3.63) is 70.4 Å². The maximum absolute atomic E-state index is 13.8. The van der Waals surface area contributed by atoms with Gasteiger partial charge in [-0.05, 0) is 48.7 Å². The Morgan fingerprint density at radius 2 is 1.68 bits per heavy atom. The number of anilines is 1. The largest absolute Gasteiger partial charge is 0.416 e. The fraction of sp³-hybridized carbons (Fsp3) is 0.292. The summed E-state index contributed by atoms with van der Waals surface area (Å²) in [5.41, 5.74) is -1.91. The van der Waals surface area contributed by atoms with E-state index in [1.54, 1.807) is 6.07 Å². The first-order valence-corrected chi connectivity index (χ1v) is 14.8. The van der Waals surface area contributed by atoms with Gasteiger partial charge in [0.2, 0.25) is 10.0 Å². The topological polar surface area (TPSA) is 133 Å². The summed E-state index contributed by atoms with van der Waals surface area (Å²) in [6.07, 6.45) is -3.04. The van der Waals surface area contributed by atoms with Crippen LogP contribution in [0.5, 0.6) is 0 Å². The Kier molecular flexibility index (Phi) is 6.65. The van der Waals surface area contributed by atoms with Gasteiger partial charge in [-0.25, -0.2) is 25.9 Å². The summed E-state index contributed by atoms with van der Waals surface area (Å²) in [6.45, 7) is 0. The average molecular weight is 568 g/mol. The summed E-state index contributed by atoms with van der Waals surface area (Å²) in [7, 11) is -8.63. The summed E-state index contributed by atoms with van der Waals surface area (Å²) in [6, 6.07) is 5.90. The zero-order valence-electron chi connectivity index (χ0n) is 20.0. The van der Waals surface area contributed by atoms with Crippen LogP contribution in [0.1, 0.15) is 42.0 Å². The molecule has 0 fully saturated rings. The summed E-state index contributed by atoms with van der Waals surface area (Å²) < 4.78 is 92.0. The van der Waals surface area contributed by atoms with E-state index in [1.165, 1.54) is 12.1 Å². The van der Waals surface area contributed by atoms with Crippen molar-refractivity contribution in [2.24, 2.45) is 0 Å². The summed E-state index contributed by atoms with van der Waals surface area (Å²) in [4.78, 5) is 27.4. The standard InChI is InChI=1S/C24H20F3N3O6S2/c1-37(33,34)20-11-14(13-28)9-10-17(20)22-21-18(7-4-8-19(21)31)29(23(32)30(22)38(2,35)36)16-6-3-5-15(12-16)24(25,26)27/h3,5-6,9-12,22H,4,7-8H2,1-2H3. The van der Waals surface area contributed by atoms with Gasteiger partial charge in [-0.15, -0.1) is 0 Å². The summed E-state index contributed by atoms with van der Waals surface area (Å²) >= 11 is 0. The molecule has 2 aliphatic rings. The molecule has 4 rings (SSSR count). The molecule has 0 saturated heterocycles. The second-order valence-corrected chi connectivity index (χ2v) is 12.7. The average Bonchev–Trinajstić information content (AvgIpc) is 2.81. The Labute approximate surface area is 216 Å². The van der Waals surface area contributed by atoms with Crippen LogP contribution in [0.2, 0.25) is 0 Å². The highest BCUT2D eigenvalue weighted by Gasteiger charge is 2.49. The predicted molar refractivity (Wildman–Crippen MR) is 129 cm³/mol. The van der Waals surface area contributed by atoms with Crippen LogP contribution in [0.4, 0.5) is 23.7 Å². The minimum Gasteiger partial charge on any atom is -0.294 e. The van der Waals surface area contributed by atoms with Crippen LogP contribution in [0.15, 0.2) is 58.6 Å². The number of Topliss-reactive ketones (excluding diaryl/α,β-unsaturated/α-hetero) is 1. The molecule has 0 aromatic heterocycles. The molecular formula is C24H20F3N3O6S2. The third-order valence-electron chi connectivity index (χ3n) is 6.21. The first-order valence-electron chi connectivity index (χ1n) is 11.1. The highest BCUT2D eigenvalue weighted by Crippen LogP contribution is 2.47. The number of urea groups is 1. The minimum atomic E-state index is -4.76. The second-order valence-electron chi connectivity index (χ2n) is 8.90. The van der Waals surface area contributed by atoms with E-state index < -0.39 is 54.4 Å². The summed E-state index contributed by atoms with van der Waals surface area (Å²) in [5.74, 6) is -0.585. The van der Waals surface area contributed by atoms with Crippen LogP contribution in [0.3, 0.4) is 0 Å². The fourth-order valence-corrected chi connectivity index (χ4v) is 6.60. The van der Waals surface area contributed by atoms with Crippen LogP contribution >= 0.6 is 0 Å². The van der Waals surface area contributed by atoms with Gasteiger partial charge in [-0.3, -0.25) is 9.69 Å². The number of amides is 2. The third-order valence-corrected chi connectivity index (χ3v) is 8.45. The van der Waals surface area contributed by atoms with Gasteiger partial charge in [-0.1, -0.05) is 12.1 Å². The number of hydrogen-bond donors (Lipinski definition) is 0. The maximum Gasteiger partial charge on any atom is 0.416 e. The van der Waals surface area contributed by atoms with Crippen molar-refractivity contribution < 1.29 is 39.6 Å². The van der Waals surface area contributed by atoms with Crippen molar-refractivity contribution in [1.82, 2.24) is 4.31 Å². The Hall–Kier alpha value is -3.70. The molecule has 0 spiro atoms. The monoisotopic (exact) mass is 567 g/mol. The Morgan fingerprint density at radius 1 is 1.00 bits per heavy atom. The molecule has 0 saturated carbocycles. The number of nitriles is 1. The number of sulfonamides is 1. The highest BCUT2D eigenvalue weighted by atomic mass is 32.2. The molecule has 1 aliphatic heterocycles. The fourth-order valence-electron chi connectivity index (χ4n) is 4.68. The minimum absolute atomic E-state index is 0.0146. The number of sulfone groups is 1. The molecule has 0 N–H and O–H groups in total. The molecule has 200 valence electrons.